The molecule has 1 aliphatic heterocycles. The van der Waals surface area contributed by atoms with E-state index in [1.807, 2.05) is 6.92 Å². The lowest BCUT2D eigenvalue weighted by Gasteiger charge is -2.24. The molecule has 1 aromatic rings. The number of nitrogen functional groups attached to an aromatic ring is 1. The lowest BCUT2D eigenvalue weighted by Crippen LogP contribution is -2.41. The number of nitrogens with two attached hydrogens (primary N) is 1. The SMILES string of the molecule is CCOc1cccc(N)c1C(=O)N1CCCC1C(=O)OC. The van der Waals surface area contributed by atoms with Crippen molar-refractivity contribution in [1.82, 2.24) is 4.90 Å². The summed E-state index contributed by atoms with van der Waals surface area (Å²) >= 11 is 0. The number of esters is 1. The van der Waals surface area contributed by atoms with Gasteiger partial charge in [-0.2, -0.15) is 0 Å². The van der Waals surface area contributed by atoms with Gasteiger partial charge in [-0.15, -0.1) is 0 Å². The second-order valence-electron chi connectivity index (χ2n) is 4.83. The van der Waals surface area contributed by atoms with Gasteiger partial charge < -0.3 is 20.1 Å². The number of methoxy groups -OCH3 is 1. The number of hydrogen-bond donors (Lipinski definition) is 1. The van der Waals surface area contributed by atoms with Gasteiger partial charge in [0.15, 0.2) is 0 Å². The van der Waals surface area contributed by atoms with E-state index < -0.39 is 12.0 Å². The highest BCUT2D eigenvalue weighted by atomic mass is 16.5. The summed E-state index contributed by atoms with van der Waals surface area (Å²) in [7, 11) is 1.33. The normalized spacial score (nSPS) is 17.6. The third-order valence-corrected chi connectivity index (χ3v) is 3.56. The summed E-state index contributed by atoms with van der Waals surface area (Å²) in [4.78, 5) is 26.0. The maximum absolute atomic E-state index is 12.8. The fourth-order valence-corrected chi connectivity index (χ4v) is 2.59. The summed E-state index contributed by atoms with van der Waals surface area (Å²) in [5.41, 5.74) is 6.59. The fraction of sp³-hybridized carbons (Fsp3) is 0.467. The van der Waals surface area contributed by atoms with Crippen LogP contribution in [0.1, 0.15) is 30.1 Å². The Balaban J connectivity index is 2.33. The summed E-state index contributed by atoms with van der Waals surface area (Å²) < 4.78 is 10.2. The summed E-state index contributed by atoms with van der Waals surface area (Å²) in [5.74, 6) is -0.240. The molecule has 0 bridgehead atoms. The Bertz CT molecular complexity index is 544. The Labute approximate surface area is 123 Å². The molecule has 2 rings (SSSR count). The zero-order valence-electron chi connectivity index (χ0n) is 12.3. The lowest BCUT2D eigenvalue weighted by atomic mass is 10.1. The number of carbonyl (C=O) groups excluding carboxylic acids is 2. The number of hydrogen-bond acceptors (Lipinski definition) is 5. The third-order valence-electron chi connectivity index (χ3n) is 3.56. The van der Waals surface area contributed by atoms with Crippen LogP contribution in [0.5, 0.6) is 5.75 Å². The van der Waals surface area contributed by atoms with E-state index >= 15 is 0 Å². The van der Waals surface area contributed by atoms with Crippen LogP contribution in [-0.4, -0.2) is 43.1 Å². The zero-order valence-corrected chi connectivity index (χ0v) is 12.3. The highest BCUT2D eigenvalue weighted by Gasteiger charge is 2.36. The third kappa shape index (κ3) is 2.94. The molecule has 0 aliphatic carbocycles. The van der Waals surface area contributed by atoms with Crippen molar-refractivity contribution in [2.75, 3.05) is 26.0 Å². The Morgan fingerprint density at radius 1 is 1.43 bits per heavy atom. The highest BCUT2D eigenvalue weighted by Crippen LogP contribution is 2.29. The topological polar surface area (TPSA) is 81.9 Å². The number of nitrogens with zero attached hydrogens (tertiary/aromatic N) is 1. The average Bonchev–Trinajstić information content (AvgIpc) is 2.96. The van der Waals surface area contributed by atoms with Crippen molar-refractivity contribution in [1.29, 1.82) is 0 Å². The number of ether oxygens (including phenoxy) is 2. The number of amides is 1. The van der Waals surface area contributed by atoms with Crippen LogP contribution in [0.15, 0.2) is 18.2 Å². The van der Waals surface area contributed by atoms with Crippen LogP contribution in [0.3, 0.4) is 0 Å². The number of benzene rings is 1. The molecule has 1 unspecified atom stereocenters. The van der Waals surface area contributed by atoms with Gasteiger partial charge >= 0.3 is 5.97 Å². The Hall–Kier alpha value is -2.24. The van der Waals surface area contributed by atoms with Gasteiger partial charge in [0.25, 0.3) is 5.91 Å². The maximum atomic E-state index is 12.8. The van der Waals surface area contributed by atoms with Crippen LogP contribution in [-0.2, 0) is 9.53 Å². The van der Waals surface area contributed by atoms with E-state index in [0.717, 1.165) is 6.42 Å². The molecule has 1 aliphatic rings. The van der Waals surface area contributed by atoms with Crippen LogP contribution in [0.2, 0.25) is 0 Å². The molecular weight excluding hydrogens is 272 g/mol. The van der Waals surface area contributed by atoms with Crippen molar-refractivity contribution in [2.24, 2.45) is 0 Å². The van der Waals surface area contributed by atoms with Gasteiger partial charge in [-0.3, -0.25) is 4.79 Å². The molecule has 114 valence electrons. The van der Waals surface area contributed by atoms with Gasteiger partial charge in [0, 0.05) is 12.2 Å². The van der Waals surface area contributed by atoms with Crippen molar-refractivity contribution >= 4 is 17.6 Å². The number of rotatable bonds is 4. The smallest absolute Gasteiger partial charge is 0.328 e. The molecule has 0 saturated carbocycles. The number of carbonyl (C=O) groups is 2. The predicted molar refractivity (Wildman–Crippen MR) is 78.1 cm³/mol. The molecule has 1 atom stereocenters. The van der Waals surface area contributed by atoms with Crippen molar-refractivity contribution in [3.63, 3.8) is 0 Å². The molecule has 0 spiro atoms. The molecule has 1 aromatic carbocycles. The van der Waals surface area contributed by atoms with Gasteiger partial charge in [0.2, 0.25) is 0 Å². The fourth-order valence-electron chi connectivity index (χ4n) is 2.59. The first-order chi connectivity index (χ1) is 10.1. The van der Waals surface area contributed by atoms with Crippen LogP contribution in [0.4, 0.5) is 5.69 Å². The highest BCUT2D eigenvalue weighted by molar-refractivity contribution is 6.03. The van der Waals surface area contributed by atoms with Gasteiger partial charge in [-0.1, -0.05) is 6.07 Å². The lowest BCUT2D eigenvalue weighted by molar-refractivity contribution is -0.145. The molecule has 0 radical (unpaired) electrons. The van der Waals surface area contributed by atoms with Crippen molar-refractivity contribution in [2.45, 2.75) is 25.8 Å². The standard InChI is InChI=1S/C15H20N2O4/c1-3-21-12-8-4-6-10(16)13(12)14(18)17-9-5-7-11(17)15(19)20-2/h4,6,8,11H,3,5,7,9,16H2,1-2H3. The molecule has 1 heterocycles. The molecule has 21 heavy (non-hydrogen) atoms. The quantitative estimate of drug-likeness (QED) is 0.671. The average molecular weight is 292 g/mol. The van der Waals surface area contributed by atoms with E-state index in [9.17, 15) is 9.59 Å². The predicted octanol–water partition coefficient (Wildman–Crippen LogP) is 1.45. The van der Waals surface area contributed by atoms with Crippen molar-refractivity contribution in [3.05, 3.63) is 23.8 Å². The van der Waals surface area contributed by atoms with E-state index in [0.29, 0.717) is 36.6 Å². The van der Waals surface area contributed by atoms with E-state index in [1.165, 1.54) is 12.0 Å². The largest absolute Gasteiger partial charge is 0.493 e. The van der Waals surface area contributed by atoms with E-state index in [1.54, 1.807) is 18.2 Å². The minimum absolute atomic E-state index is 0.288. The molecule has 6 nitrogen and oxygen atoms in total. The Morgan fingerprint density at radius 2 is 2.19 bits per heavy atom. The monoisotopic (exact) mass is 292 g/mol. The van der Waals surface area contributed by atoms with E-state index in [2.05, 4.69) is 0 Å². The van der Waals surface area contributed by atoms with Crippen LogP contribution < -0.4 is 10.5 Å². The van der Waals surface area contributed by atoms with Crippen molar-refractivity contribution < 1.29 is 19.1 Å². The molecule has 1 saturated heterocycles. The number of likely N-dealkylation sites (tertiary alicyclic amines) is 1. The first kappa shape index (κ1) is 15.2. The van der Waals surface area contributed by atoms with E-state index in [4.69, 9.17) is 15.2 Å². The van der Waals surface area contributed by atoms with Gasteiger partial charge in [-0.05, 0) is 31.9 Å². The molecule has 2 N–H and O–H groups in total. The second-order valence-corrected chi connectivity index (χ2v) is 4.83. The molecule has 1 fully saturated rings. The second kappa shape index (κ2) is 6.47. The number of anilines is 1. The molecule has 0 aromatic heterocycles. The summed E-state index contributed by atoms with van der Waals surface area (Å²) in [5, 5.41) is 0. The van der Waals surface area contributed by atoms with E-state index in [-0.39, 0.29) is 5.91 Å². The van der Waals surface area contributed by atoms with Crippen LogP contribution in [0, 0.1) is 0 Å². The van der Waals surface area contributed by atoms with Crippen LogP contribution >= 0.6 is 0 Å². The minimum Gasteiger partial charge on any atom is -0.493 e. The molecule has 1 amide bonds. The van der Waals surface area contributed by atoms with Gasteiger partial charge in [0.1, 0.15) is 17.4 Å². The Kier molecular flexibility index (Phi) is 4.67. The molecular formula is C15H20N2O4. The van der Waals surface area contributed by atoms with Gasteiger partial charge in [-0.25, -0.2) is 4.79 Å². The Morgan fingerprint density at radius 3 is 2.86 bits per heavy atom. The van der Waals surface area contributed by atoms with Crippen LogP contribution in [0.25, 0.3) is 0 Å². The summed E-state index contributed by atoms with van der Waals surface area (Å²) in [6, 6.07) is 4.55. The summed E-state index contributed by atoms with van der Waals surface area (Å²) in [6.45, 7) is 2.78. The minimum atomic E-state index is -0.545. The first-order valence-electron chi connectivity index (χ1n) is 7.00. The maximum Gasteiger partial charge on any atom is 0.328 e. The van der Waals surface area contributed by atoms with Crippen molar-refractivity contribution in [3.8, 4) is 5.75 Å². The zero-order chi connectivity index (χ0) is 15.4. The molecule has 6 heteroatoms. The van der Waals surface area contributed by atoms with Gasteiger partial charge in [0.05, 0.1) is 13.7 Å². The summed E-state index contributed by atoms with van der Waals surface area (Å²) in [6.07, 6.45) is 1.37. The first-order valence-corrected chi connectivity index (χ1v) is 7.00.